The average Bonchev–Trinajstić information content (AvgIpc) is 3.27. The lowest BCUT2D eigenvalue weighted by molar-refractivity contribution is 0.580. The van der Waals surface area contributed by atoms with Crippen LogP contribution in [0.1, 0.15) is 5.56 Å². The zero-order valence-corrected chi connectivity index (χ0v) is 14.6. The van der Waals surface area contributed by atoms with Gasteiger partial charge >= 0.3 is 0 Å². The van der Waals surface area contributed by atoms with Crippen molar-refractivity contribution in [3.05, 3.63) is 60.2 Å². The van der Waals surface area contributed by atoms with Crippen molar-refractivity contribution in [2.45, 2.75) is 10.9 Å². The van der Waals surface area contributed by atoms with Gasteiger partial charge < -0.3 is 4.57 Å². The van der Waals surface area contributed by atoms with Crippen LogP contribution in [0.3, 0.4) is 0 Å². The van der Waals surface area contributed by atoms with Crippen molar-refractivity contribution in [2.75, 3.05) is 0 Å². The Morgan fingerprint density at radius 1 is 0.885 bits per heavy atom. The standard InChI is InChI=1S/C17H14N6O2S/c1-21-13-9-5-6-10-14(13)22-15-18-19-17(23(15)20-16(21)22)26(24,25)11-12-7-3-2-4-8-12/h2-10H,11H2,1H3. The van der Waals surface area contributed by atoms with Gasteiger partial charge in [0.1, 0.15) is 0 Å². The molecule has 0 radical (unpaired) electrons. The maximum atomic E-state index is 12.8. The molecule has 0 N–H and O–H groups in total. The van der Waals surface area contributed by atoms with Gasteiger partial charge in [-0.2, -0.15) is 4.52 Å². The molecule has 5 aromatic rings. The van der Waals surface area contributed by atoms with Gasteiger partial charge in [-0.3, -0.25) is 0 Å². The van der Waals surface area contributed by atoms with Crippen LogP contribution in [-0.4, -0.2) is 37.2 Å². The smallest absolute Gasteiger partial charge is 0.272 e. The van der Waals surface area contributed by atoms with Gasteiger partial charge in [0.05, 0.1) is 16.8 Å². The zero-order valence-electron chi connectivity index (χ0n) is 13.8. The minimum Gasteiger partial charge on any atom is -0.311 e. The number of benzene rings is 2. The van der Waals surface area contributed by atoms with Crippen molar-refractivity contribution in [3.8, 4) is 0 Å². The zero-order chi connectivity index (χ0) is 17.9. The van der Waals surface area contributed by atoms with Crippen LogP contribution in [0.2, 0.25) is 0 Å². The van der Waals surface area contributed by atoms with Gasteiger partial charge in [0, 0.05) is 7.05 Å². The van der Waals surface area contributed by atoms with E-state index in [0.29, 0.717) is 17.1 Å². The Kier molecular flexibility index (Phi) is 2.99. The second kappa shape index (κ2) is 5.15. The van der Waals surface area contributed by atoms with Gasteiger partial charge in [0.15, 0.2) is 0 Å². The molecule has 9 heteroatoms. The summed E-state index contributed by atoms with van der Waals surface area (Å²) in [5.74, 6) is 0.833. The van der Waals surface area contributed by atoms with Crippen molar-refractivity contribution in [1.29, 1.82) is 0 Å². The number of sulfone groups is 1. The molecule has 130 valence electrons. The first kappa shape index (κ1) is 15.1. The molecule has 3 heterocycles. The Labute approximate surface area is 148 Å². The van der Waals surface area contributed by atoms with Crippen molar-refractivity contribution >= 4 is 32.4 Å². The predicted octanol–water partition coefficient (Wildman–Crippen LogP) is 1.84. The Bertz CT molecular complexity index is 1380. The lowest BCUT2D eigenvalue weighted by Crippen LogP contribution is -2.10. The topological polar surface area (TPSA) is 86.6 Å². The second-order valence-electron chi connectivity index (χ2n) is 6.12. The van der Waals surface area contributed by atoms with E-state index in [0.717, 1.165) is 11.0 Å². The predicted molar refractivity (Wildman–Crippen MR) is 95.5 cm³/mol. The van der Waals surface area contributed by atoms with Crippen molar-refractivity contribution in [1.82, 2.24) is 28.8 Å². The van der Waals surface area contributed by atoms with Crippen LogP contribution in [0.4, 0.5) is 0 Å². The van der Waals surface area contributed by atoms with Crippen LogP contribution in [-0.2, 0) is 22.6 Å². The summed E-state index contributed by atoms with van der Waals surface area (Å²) in [4.78, 5) is 0. The van der Waals surface area contributed by atoms with Gasteiger partial charge in [0.25, 0.3) is 10.9 Å². The number of para-hydroxylation sites is 2. The van der Waals surface area contributed by atoms with E-state index in [1.165, 1.54) is 4.52 Å². The minimum atomic E-state index is -3.68. The van der Waals surface area contributed by atoms with E-state index in [1.807, 2.05) is 46.3 Å². The van der Waals surface area contributed by atoms with Gasteiger partial charge in [-0.1, -0.05) is 42.5 Å². The number of fused-ring (bicyclic) bond motifs is 5. The average molecular weight is 366 g/mol. The fourth-order valence-electron chi connectivity index (χ4n) is 3.24. The molecule has 2 aromatic carbocycles. The van der Waals surface area contributed by atoms with Gasteiger partial charge in [-0.25, -0.2) is 12.8 Å². The first-order chi connectivity index (χ1) is 12.6. The number of aryl methyl sites for hydroxylation is 1. The largest absolute Gasteiger partial charge is 0.311 e. The Morgan fingerprint density at radius 3 is 2.35 bits per heavy atom. The summed E-state index contributed by atoms with van der Waals surface area (Å²) >= 11 is 0. The number of hydrogen-bond donors (Lipinski definition) is 0. The molecule has 0 bridgehead atoms. The monoisotopic (exact) mass is 366 g/mol. The van der Waals surface area contributed by atoms with E-state index >= 15 is 0 Å². The van der Waals surface area contributed by atoms with Gasteiger partial charge in [-0.05, 0) is 17.7 Å². The molecule has 0 saturated heterocycles. The molecule has 0 aliphatic heterocycles. The third-order valence-corrected chi connectivity index (χ3v) is 5.97. The molecule has 5 rings (SSSR count). The van der Waals surface area contributed by atoms with Gasteiger partial charge in [-0.15, -0.1) is 15.3 Å². The molecule has 0 unspecified atom stereocenters. The summed E-state index contributed by atoms with van der Waals surface area (Å²) < 4.78 is 30.7. The fraction of sp³-hybridized carbons (Fsp3) is 0.118. The quantitative estimate of drug-likeness (QED) is 0.486. The summed E-state index contributed by atoms with van der Waals surface area (Å²) in [6.07, 6.45) is 0. The van der Waals surface area contributed by atoms with E-state index in [2.05, 4.69) is 15.3 Å². The molecule has 0 saturated carbocycles. The minimum absolute atomic E-state index is 0.149. The highest BCUT2D eigenvalue weighted by Gasteiger charge is 2.26. The molecule has 26 heavy (non-hydrogen) atoms. The van der Waals surface area contributed by atoms with Crippen LogP contribution in [0, 0.1) is 0 Å². The van der Waals surface area contributed by atoms with E-state index in [9.17, 15) is 8.42 Å². The third kappa shape index (κ3) is 2.00. The lowest BCUT2D eigenvalue weighted by atomic mass is 10.2. The highest BCUT2D eigenvalue weighted by atomic mass is 32.2. The van der Waals surface area contributed by atoms with Gasteiger partial charge in [0.2, 0.25) is 15.6 Å². The molecule has 0 aliphatic carbocycles. The van der Waals surface area contributed by atoms with Crippen molar-refractivity contribution < 1.29 is 8.42 Å². The SMILES string of the molecule is Cn1c2ccccc2n2c1nn1c(S(=O)(=O)Cc3ccccc3)nnc12. The maximum Gasteiger partial charge on any atom is 0.272 e. The molecule has 0 aliphatic rings. The summed E-state index contributed by atoms with van der Waals surface area (Å²) in [6, 6.07) is 16.8. The highest BCUT2D eigenvalue weighted by Crippen LogP contribution is 2.23. The van der Waals surface area contributed by atoms with Crippen molar-refractivity contribution in [3.63, 3.8) is 0 Å². The number of rotatable bonds is 3. The van der Waals surface area contributed by atoms with Crippen LogP contribution in [0.15, 0.2) is 59.8 Å². The van der Waals surface area contributed by atoms with Crippen molar-refractivity contribution in [2.24, 2.45) is 7.05 Å². The fourth-order valence-corrected chi connectivity index (χ4v) is 4.55. The summed E-state index contributed by atoms with van der Waals surface area (Å²) in [5.41, 5.74) is 2.57. The number of hydrogen-bond acceptors (Lipinski definition) is 5. The normalized spacial score (nSPS) is 12.5. The van der Waals surface area contributed by atoms with E-state index in [1.54, 1.807) is 24.3 Å². The van der Waals surface area contributed by atoms with E-state index in [-0.39, 0.29) is 10.9 Å². The van der Waals surface area contributed by atoms with Crippen LogP contribution in [0.25, 0.3) is 22.6 Å². The maximum absolute atomic E-state index is 12.8. The molecular formula is C17H14N6O2S. The summed E-state index contributed by atoms with van der Waals surface area (Å²) in [5, 5.41) is 12.3. The Balaban J connectivity index is 1.74. The second-order valence-corrected chi connectivity index (χ2v) is 8.01. The summed E-state index contributed by atoms with van der Waals surface area (Å²) in [6.45, 7) is 0. The van der Waals surface area contributed by atoms with Crippen LogP contribution < -0.4 is 0 Å². The first-order valence-corrected chi connectivity index (χ1v) is 9.65. The number of nitrogens with zero attached hydrogens (tertiary/aromatic N) is 6. The first-order valence-electron chi connectivity index (χ1n) is 8.00. The molecule has 3 aromatic heterocycles. The molecule has 0 amide bonds. The molecule has 0 spiro atoms. The molecule has 8 nitrogen and oxygen atoms in total. The molecular weight excluding hydrogens is 352 g/mol. The molecule has 0 fully saturated rings. The third-order valence-electron chi connectivity index (χ3n) is 4.45. The van der Waals surface area contributed by atoms with Crippen LogP contribution >= 0.6 is 0 Å². The van der Waals surface area contributed by atoms with E-state index < -0.39 is 9.84 Å². The highest BCUT2D eigenvalue weighted by molar-refractivity contribution is 7.90. The number of imidazole rings is 1. The van der Waals surface area contributed by atoms with E-state index in [4.69, 9.17) is 0 Å². The summed E-state index contributed by atoms with van der Waals surface area (Å²) in [7, 11) is -1.80. The number of aromatic nitrogens is 6. The lowest BCUT2D eigenvalue weighted by Gasteiger charge is -2.01. The Hall–Kier alpha value is -3.20. The Morgan fingerprint density at radius 2 is 1.58 bits per heavy atom. The molecule has 0 atom stereocenters. The van der Waals surface area contributed by atoms with Crippen LogP contribution in [0.5, 0.6) is 0 Å².